The fraction of sp³-hybridized carbons (Fsp3) is 0.312. The fourth-order valence-corrected chi connectivity index (χ4v) is 2.88. The van der Waals surface area contributed by atoms with E-state index in [2.05, 4.69) is 21.2 Å². The Morgan fingerprint density at radius 1 is 1.32 bits per heavy atom. The lowest BCUT2D eigenvalue weighted by Crippen LogP contribution is -2.47. The molecule has 3 aromatic rings. The fourth-order valence-electron chi connectivity index (χ4n) is 2.88. The van der Waals surface area contributed by atoms with Crippen LogP contribution in [0.15, 0.2) is 47.7 Å². The standard InChI is InChI=1S/C16H17N5O/c1-12-7-17-21(8-12)14-10-19(11-14)9-13-6-16(22)20-5-3-2-4-15(20)18-13/h2-8,14H,9-11H2,1H3. The number of aromatic nitrogens is 4. The number of hydrogen-bond acceptors (Lipinski definition) is 4. The molecule has 6 nitrogen and oxygen atoms in total. The topological polar surface area (TPSA) is 55.4 Å². The van der Waals surface area contributed by atoms with Crippen LogP contribution in [-0.2, 0) is 6.54 Å². The van der Waals surface area contributed by atoms with E-state index >= 15 is 0 Å². The molecule has 0 aromatic carbocycles. The lowest BCUT2D eigenvalue weighted by Gasteiger charge is -2.38. The van der Waals surface area contributed by atoms with Crippen molar-refractivity contribution in [2.75, 3.05) is 13.1 Å². The maximum atomic E-state index is 12.1. The molecule has 0 radical (unpaired) electrons. The Hall–Kier alpha value is -2.47. The Kier molecular flexibility index (Phi) is 3.04. The van der Waals surface area contributed by atoms with Gasteiger partial charge in [-0.05, 0) is 24.6 Å². The predicted molar refractivity (Wildman–Crippen MR) is 82.7 cm³/mol. The van der Waals surface area contributed by atoms with E-state index in [0.717, 1.165) is 18.8 Å². The molecule has 1 aliphatic heterocycles. The molecule has 1 fully saturated rings. The normalized spacial score (nSPS) is 16.0. The molecule has 0 spiro atoms. The highest BCUT2D eigenvalue weighted by molar-refractivity contribution is 5.38. The summed E-state index contributed by atoms with van der Waals surface area (Å²) in [4.78, 5) is 18.9. The van der Waals surface area contributed by atoms with Crippen LogP contribution in [0.2, 0.25) is 0 Å². The van der Waals surface area contributed by atoms with Gasteiger partial charge in [-0.3, -0.25) is 18.8 Å². The summed E-state index contributed by atoms with van der Waals surface area (Å²) in [5.74, 6) is 0. The quantitative estimate of drug-likeness (QED) is 0.730. The highest BCUT2D eigenvalue weighted by Crippen LogP contribution is 2.22. The van der Waals surface area contributed by atoms with Crippen LogP contribution in [0.1, 0.15) is 17.3 Å². The van der Waals surface area contributed by atoms with Crippen LogP contribution in [0.3, 0.4) is 0 Å². The lowest BCUT2D eigenvalue weighted by atomic mass is 10.1. The van der Waals surface area contributed by atoms with Gasteiger partial charge in [0.15, 0.2) is 0 Å². The van der Waals surface area contributed by atoms with Gasteiger partial charge >= 0.3 is 0 Å². The van der Waals surface area contributed by atoms with E-state index in [1.165, 1.54) is 5.56 Å². The summed E-state index contributed by atoms with van der Waals surface area (Å²) < 4.78 is 3.59. The Morgan fingerprint density at radius 2 is 2.18 bits per heavy atom. The van der Waals surface area contributed by atoms with E-state index in [0.29, 0.717) is 18.2 Å². The maximum absolute atomic E-state index is 12.1. The molecule has 6 heteroatoms. The van der Waals surface area contributed by atoms with E-state index < -0.39 is 0 Å². The van der Waals surface area contributed by atoms with Crippen molar-refractivity contribution in [2.45, 2.75) is 19.5 Å². The Bertz CT molecular complexity index is 875. The number of nitrogens with zero attached hydrogens (tertiary/aromatic N) is 5. The van der Waals surface area contributed by atoms with Gasteiger partial charge in [-0.15, -0.1) is 0 Å². The summed E-state index contributed by atoms with van der Waals surface area (Å²) in [6, 6.07) is 7.64. The zero-order valence-electron chi connectivity index (χ0n) is 12.4. The average Bonchev–Trinajstić information content (AvgIpc) is 2.88. The minimum Gasteiger partial charge on any atom is -0.293 e. The third-order valence-electron chi connectivity index (χ3n) is 4.05. The van der Waals surface area contributed by atoms with Crippen molar-refractivity contribution in [1.29, 1.82) is 0 Å². The van der Waals surface area contributed by atoms with Crippen molar-refractivity contribution in [3.8, 4) is 0 Å². The third kappa shape index (κ3) is 2.31. The van der Waals surface area contributed by atoms with Crippen molar-refractivity contribution in [2.24, 2.45) is 0 Å². The summed E-state index contributed by atoms with van der Waals surface area (Å²) in [5.41, 5.74) is 2.68. The van der Waals surface area contributed by atoms with Crippen molar-refractivity contribution in [3.63, 3.8) is 0 Å². The zero-order valence-corrected chi connectivity index (χ0v) is 12.4. The molecule has 22 heavy (non-hydrogen) atoms. The number of fused-ring (bicyclic) bond motifs is 1. The van der Waals surface area contributed by atoms with Crippen LogP contribution < -0.4 is 5.56 Å². The first-order chi connectivity index (χ1) is 10.7. The van der Waals surface area contributed by atoms with Crippen molar-refractivity contribution in [1.82, 2.24) is 24.1 Å². The number of rotatable bonds is 3. The molecule has 0 atom stereocenters. The van der Waals surface area contributed by atoms with Gasteiger partial charge in [0.2, 0.25) is 0 Å². The molecule has 0 N–H and O–H groups in total. The largest absolute Gasteiger partial charge is 0.293 e. The molecule has 0 amide bonds. The minimum atomic E-state index is -0.0274. The van der Waals surface area contributed by atoms with Gasteiger partial charge in [0.1, 0.15) is 5.65 Å². The van der Waals surface area contributed by atoms with Crippen molar-refractivity contribution < 1.29 is 0 Å². The molecule has 0 bridgehead atoms. The molecule has 1 aliphatic rings. The zero-order chi connectivity index (χ0) is 15.1. The average molecular weight is 295 g/mol. The summed E-state index contributed by atoms with van der Waals surface area (Å²) >= 11 is 0. The molecule has 0 saturated carbocycles. The molecule has 0 aliphatic carbocycles. The van der Waals surface area contributed by atoms with Crippen LogP contribution in [0.25, 0.3) is 5.65 Å². The van der Waals surface area contributed by atoms with Crippen LogP contribution in [-0.4, -0.2) is 37.2 Å². The van der Waals surface area contributed by atoms with Gasteiger partial charge in [0.25, 0.3) is 5.56 Å². The first-order valence-corrected chi connectivity index (χ1v) is 7.39. The lowest BCUT2D eigenvalue weighted by molar-refractivity contribution is 0.0895. The number of hydrogen-bond donors (Lipinski definition) is 0. The molecular formula is C16H17N5O. The van der Waals surface area contributed by atoms with Crippen LogP contribution in [0, 0.1) is 6.92 Å². The molecule has 112 valence electrons. The molecule has 4 heterocycles. The molecule has 1 saturated heterocycles. The van der Waals surface area contributed by atoms with E-state index in [-0.39, 0.29) is 5.56 Å². The molecule has 0 unspecified atom stereocenters. The first-order valence-electron chi connectivity index (χ1n) is 7.39. The SMILES string of the molecule is Cc1cnn(C2CN(Cc3cc(=O)n4ccccc4n3)C2)c1. The molecule has 4 rings (SSSR count). The van der Waals surface area contributed by atoms with Gasteiger partial charge in [-0.1, -0.05) is 6.07 Å². The number of aryl methyl sites for hydroxylation is 1. The van der Waals surface area contributed by atoms with E-state index in [4.69, 9.17) is 0 Å². The maximum Gasteiger partial charge on any atom is 0.258 e. The summed E-state index contributed by atoms with van der Waals surface area (Å²) in [6.45, 7) is 4.64. The Balaban J connectivity index is 1.48. The second kappa shape index (κ2) is 5.06. The van der Waals surface area contributed by atoms with Crippen LogP contribution >= 0.6 is 0 Å². The summed E-state index contributed by atoms with van der Waals surface area (Å²) in [7, 11) is 0. The van der Waals surface area contributed by atoms with E-state index in [1.807, 2.05) is 36.0 Å². The van der Waals surface area contributed by atoms with Gasteiger partial charge in [-0.25, -0.2) is 4.98 Å². The molecular weight excluding hydrogens is 278 g/mol. The van der Waals surface area contributed by atoms with Gasteiger partial charge < -0.3 is 0 Å². The number of pyridine rings is 1. The van der Waals surface area contributed by atoms with Crippen LogP contribution in [0.5, 0.6) is 0 Å². The highest BCUT2D eigenvalue weighted by atomic mass is 16.1. The summed E-state index contributed by atoms with van der Waals surface area (Å²) in [5, 5.41) is 4.36. The predicted octanol–water partition coefficient (Wildman–Crippen LogP) is 1.26. The van der Waals surface area contributed by atoms with E-state index in [9.17, 15) is 4.79 Å². The van der Waals surface area contributed by atoms with Gasteiger partial charge in [0.05, 0.1) is 17.9 Å². The highest BCUT2D eigenvalue weighted by Gasteiger charge is 2.28. The van der Waals surface area contributed by atoms with Gasteiger partial charge in [-0.2, -0.15) is 5.10 Å². The van der Waals surface area contributed by atoms with E-state index in [1.54, 1.807) is 16.7 Å². The first kappa shape index (κ1) is 13.2. The Morgan fingerprint density at radius 3 is 2.95 bits per heavy atom. The van der Waals surface area contributed by atoms with Crippen molar-refractivity contribution >= 4 is 5.65 Å². The second-order valence-corrected chi connectivity index (χ2v) is 5.86. The van der Waals surface area contributed by atoms with Crippen LogP contribution in [0.4, 0.5) is 0 Å². The molecule has 3 aromatic heterocycles. The smallest absolute Gasteiger partial charge is 0.258 e. The minimum absolute atomic E-state index is 0.0274. The number of likely N-dealkylation sites (tertiary alicyclic amines) is 1. The second-order valence-electron chi connectivity index (χ2n) is 5.86. The summed E-state index contributed by atoms with van der Waals surface area (Å²) in [6.07, 6.45) is 5.70. The van der Waals surface area contributed by atoms with Gasteiger partial charge in [0, 0.05) is 38.1 Å². The Labute approximate surface area is 127 Å². The third-order valence-corrected chi connectivity index (χ3v) is 4.05. The monoisotopic (exact) mass is 295 g/mol. The van der Waals surface area contributed by atoms with Crippen molar-refractivity contribution in [3.05, 3.63) is 64.5 Å².